The standard InChI is InChI=1S/C19H31ClO2/c1-2-3-4-5-6-7-8-9-18-10-12-19(13-11-18)22-17-16-21-15-14-20/h10-13H,2-9,14-17H2,1H3. The van der Waals surface area contributed by atoms with Crippen LogP contribution in [-0.4, -0.2) is 25.7 Å². The average molecular weight is 327 g/mol. The van der Waals surface area contributed by atoms with Gasteiger partial charge in [-0.3, -0.25) is 0 Å². The molecule has 22 heavy (non-hydrogen) atoms. The molecule has 2 nitrogen and oxygen atoms in total. The van der Waals surface area contributed by atoms with E-state index in [4.69, 9.17) is 21.1 Å². The van der Waals surface area contributed by atoms with Crippen molar-refractivity contribution in [2.24, 2.45) is 0 Å². The Bertz CT molecular complexity index is 351. The van der Waals surface area contributed by atoms with Crippen molar-refractivity contribution in [1.82, 2.24) is 0 Å². The summed E-state index contributed by atoms with van der Waals surface area (Å²) >= 11 is 5.53. The van der Waals surface area contributed by atoms with Crippen LogP contribution in [0.4, 0.5) is 0 Å². The Morgan fingerprint density at radius 2 is 1.50 bits per heavy atom. The largest absolute Gasteiger partial charge is 0.491 e. The molecule has 0 aromatic heterocycles. The van der Waals surface area contributed by atoms with Gasteiger partial charge in [0.2, 0.25) is 0 Å². The highest BCUT2D eigenvalue weighted by Gasteiger charge is 1.97. The molecule has 0 saturated carbocycles. The van der Waals surface area contributed by atoms with Gasteiger partial charge in [-0.15, -0.1) is 11.6 Å². The third-order valence-corrected chi connectivity index (χ3v) is 3.86. The van der Waals surface area contributed by atoms with Crippen molar-refractivity contribution in [1.29, 1.82) is 0 Å². The normalized spacial score (nSPS) is 10.8. The highest BCUT2D eigenvalue weighted by molar-refractivity contribution is 6.17. The monoisotopic (exact) mass is 326 g/mol. The third-order valence-electron chi connectivity index (χ3n) is 3.71. The average Bonchev–Trinajstić information content (AvgIpc) is 2.55. The van der Waals surface area contributed by atoms with Gasteiger partial charge in [-0.2, -0.15) is 0 Å². The number of halogens is 1. The van der Waals surface area contributed by atoms with Gasteiger partial charge in [-0.1, -0.05) is 57.6 Å². The zero-order valence-corrected chi connectivity index (χ0v) is 14.7. The van der Waals surface area contributed by atoms with Crippen LogP contribution in [0.1, 0.15) is 57.4 Å². The summed E-state index contributed by atoms with van der Waals surface area (Å²) in [6.07, 6.45) is 10.7. The number of rotatable bonds is 14. The fourth-order valence-electron chi connectivity index (χ4n) is 2.41. The molecule has 0 bridgehead atoms. The van der Waals surface area contributed by atoms with Crippen molar-refractivity contribution >= 4 is 11.6 Å². The van der Waals surface area contributed by atoms with E-state index in [1.54, 1.807) is 0 Å². The van der Waals surface area contributed by atoms with E-state index in [-0.39, 0.29) is 0 Å². The van der Waals surface area contributed by atoms with Gasteiger partial charge in [0.25, 0.3) is 0 Å². The summed E-state index contributed by atoms with van der Waals surface area (Å²) in [4.78, 5) is 0. The molecule has 1 aromatic rings. The molecule has 126 valence electrons. The summed E-state index contributed by atoms with van der Waals surface area (Å²) in [5.74, 6) is 1.45. The Morgan fingerprint density at radius 1 is 0.818 bits per heavy atom. The van der Waals surface area contributed by atoms with E-state index in [9.17, 15) is 0 Å². The molecule has 1 aromatic carbocycles. The van der Waals surface area contributed by atoms with Crippen molar-refractivity contribution < 1.29 is 9.47 Å². The molecule has 0 heterocycles. The summed E-state index contributed by atoms with van der Waals surface area (Å²) in [5, 5.41) is 0. The van der Waals surface area contributed by atoms with Crippen LogP contribution in [-0.2, 0) is 11.2 Å². The first-order valence-corrected chi connectivity index (χ1v) is 9.25. The second kappa shape index (κ2) is 13.9. The minimum atomic E-state index is 0.535. The van der Waals surface area contributed by atoms with Crippen LogP contribution in [0, 0.1) is 0 Å². The number of benzene rings is 1. The van der Waals surface area contributed by atoms with Crippen LogP contribution < -0.4 is 4.74 Å². The van der Waals surface area contributed by atoms with Crippen LogP contribution in [0.25, 0.3) is 0 Å². The Morgan fingerprint density at radius 3 is 2.18 bits per heavy atom. The molecule has 0 aliphatic rings. The molecular weight excluding hydrogens is 296 g/mol. The highest BCUT2D eigenvalue weighted by atomic mass is 35.5. The predicted octanol–water partition coefficient (Wildman–Crippen LogP) is 5.61. The van der Waals surface area contributed by atoms with Gasteiger partial charge in [0.15, 0.2) is 0 Å². The molecule has 0 N–H and O–H groups in total. The quantitative estimate of drug-likeness (QED) is 0.326. The van der Waals surface area contributed by atoms with Gasteiger partial charge in [0, 0.05) is 5.88 Å². The fourth-order valence-corrected chi connectivity index (χ4v) is 2.52. The molecule has 3 heteroatoms. The molecule has 0 spiro atoms. The lowest BCUT2D eigenvalue weighted by atomic mass is 10.0. The summed E-state index contributed by atoms with van der Waals surface area (Å²) in [6.45, 7) is 4.02. The van der Waals surface area contributed by atoms with Crippen molar-refractivity contribution in [3.05, 3.63) is 29.8 Å². The van der Waals surface area contributed by atoms with Crippen LogP contribution >= 0.6 is 11.6 Å². The first kappa shape index (κ1) is 19.3. The maximum Gasteiger partial charge on any atom is 0.119 e. The van der Waals surface area contributed by atoms with E-state index in [0.29, 0.717) is 25.7 Å². The van der Waals surface area contributed by atoms with Crippen LogP contribution in [0.2, 0.25) is 0 Å². The van der Waals surface area contributed by atoms with Gasteiger partial charge < -0.3 is 9.47 Å². The Hall–Kier alpha value is -0.730. The maximum absolute atomic E-state index is 5.62. The van der Waals surface area contributed by atoms with Gasteiger partial charge in [-0.05, 0) is 30.5 Å². The summed E-state index contributed by atoms with van der Waals surface area (Å²) in [6, 6.07) is 8.45. The molecule has 0 atom stereocenters. The third kappa shape index (κ3) is 10.1. The molecule has 0 radical (unpaired) electrons. The molecule has 0 fully saturated rings. The zero-order valence-electron chi connectivity index (χ0n) is 14.0. The topological polar surface area (TPSA) is 18.5 Å². The molecule has 0 saturated heterocycles. The van der Waals surface area contributed by atoms with Crippen LogP contribution in [0.5, 0.6) is 5.75 Å². The molecule has 0 aliphatic carbocycles. The minimum Gasteiger partial charge on any atom is -0.491 e. The van der Waals surface area contributed by atoms with Crippen molar-refractivity contribution in [2.75, 3.05) is 25.7 Å². The van der Waals surface area contributed by atoms with E-state index in [1.165, 1.54) is 56.9 Å². The lowest BCUT2D eigenvalue weighted by Gasteiger charge is -2.07. The van der Waals surface area contributed by atoms with E-state index in [2.05, 4.69) is 31.2 Å². The summed E-state index contributed by atoms with van der Waals surface area (Å²) in [5.41, 5.74) is 1.40. The minimum absolute atomic E-state index is 0.535. The second-order valence-corrected chi connectivity index (χ2v) is 6.04. The lowest BCUT2D eigenvalue weighted by molar-refractivity contribution is 0.111. The van der Waals surface area contributed by atoms with Gasteiger partial charge in [0.05, 0.1) is 13.2 Å². The Balaban J connectivity index is 2.06. The zero-order chi connectivity index (χ0) is 15.9. The summed E-state index contributed by atoms with van der Waals surface area (Å²) in [7, 11) is 0. The van der Waals surface area contributed by atoms with Crippen molar-refractivity contribution in [2.45, 2.75) is 58.3 Å². The summed E-state index contributed by atoms with van der Waals surface area (Å²) < 4.78 is 10.9. The number of ether oxygens (including phenoxy) is 2. The highest BCUT2D eigenvalue weighted by Crippen LogP contribution is 2.15. The SMILES string of the molecule is CCCCCCCCCc1ccc(OCCOCCCl)cc1. The van der Waals surface area contributed by atoms with Gasteiger partial charge in [-0.25, -0.2) is 0 Å². The van der Waals surface area contributed by atoms with Crippen LogP contribution in [0.3, 0.4) is 0 Å². The number of unbranched alkanes of at least 4 members (excludes halogenated alkanes) is 6. The van der Waals surface area contributed by atoms with E-state index in [0.717, 1.165) is 5.75 Å². The number of alkyl halides is 1. The first-order valence-electron chi connectivity index (χ1n) is 8.72. The fraction of sp³-hybridized carbons (Fsp3) is 0.684. The van der Waals surface area contributed by atoms with Crippen LogP contribution in [0.15, 0.2) is 24.3 Å². The molecule has 0 amide bonds. The van der Waals surface area contributed by atoms with E-state index >= 15 is 0 Å². The lowest BCUT2D eigenvalue weighted by Crippen LogP contribution is -2.07. The smallest absolute Gasteiger partial charge is 0.119 e. The van der Waals surface area contributed by atoms with E-state index in [1.807, 2.05) is 0 Å². The van der Waals surface area contributed by atoms with Gasteiger partial charge in [0.1, 0.15) is 12.4 Å². The molecule has 0 aliphatic heterocycles. The first-order chi connectivity index (χ1) is 10.9. The Labute approximate surface area is 141 Å². The molecular formula is C19H31ClO2. The molecule has 0 unspecified atom stereocenters. The number of hydrogen-bond donors (Lipinski definition) is 0. The van der Waals surface area contributed by atoms with Crippen molar-refractivity contribution in [3.63, 3.8) is 0 Å². The van der Waals surface area contributed by atoms with Gasteiger partial charge >= 0.3 is 0 Å². The number of aryl methyl sites for hydroxylation is 1. The maximum atomic E-state index is 5.62. The number of hydrogen-bond acceptors (Lipinski definition) is 2. The second-order valence-electron chi connectivity index (χ2n) is 5.67. The molecule has 1 rings (SSSR count). The predicted molar refractivity (Wildman–Crippen MR) is 95.2 cm³/mol. The Kier molecular flexibility index (Phi) is 12.2. The van der Waals surface area contributed by atoms with Crippen molar-refractivity contribution in [3.8, 4) is 5.75 Å². The van der Waals surface area contributed by atoms with E-state index < -0.39 is 0 Å².